The summed E-state index contributed by atoms with van der Waals surface area (Å²) < 4.78 is 2.48. The molecule has 0 atom stereocenters. The molecule has 0 N–H and O–H groups in total. The molecule has 1 heteroatoms. The fourth-order valence-electron chi connectivity index (χ4n) is 8.80. The van der Waals surface area contributed by atoms with Crippen LogP contribution in [0.15, 0.2) is 212 Å². The van der Waals surface area contributed by atoms with E-state index in [2.05, 4.69) is 217 Å². The Morgan fingerprint density at radius 3 is 1.25 bits per heavy atom. The van der Waals surface area contributed by atoms with Crippen molar-refractivity contribution in [1.82, 2.24) is 4.57 Å². The molecule has 0 aliphatic heterocycles. The third-order valence-electron chi connectivity index (χ3n) is 11.4. The van der Waals surface area contributed by atoms with Crippen molar-refractivity contribution in [2.75, 3.05) is 0 Å². The van der Waals surface area contributed by atoms with Gasteiger partial charge in [-0.25, -0.2) is 0 Å². The Morgan fingerprint density at radius 1 is 0.255 bits per heavy atom. The summed E-state index contributed by atoms with van der Waals surface area (Å²) in [6.45, 7) is 0. The molecule has 0 unspecified atom stereocenters. The van der Waals surface area contributed by atoms with E-state index in [0.29, 0.717) is 0 Å². The first-order valence-electron chi connectivity index (χ1n) is 19.0. The Hall–Kier alpha value is -7.22. The maximum atomic E-state index is 2.48. The Morgan fingerprint density at radius 2 is 0.673 bits per heavy atom. The standard InChI is InChI=1S/C54H35N/c1-3-13-36(14-4-1)37-23-25-38(26-24-37)39-27-29-40(30-28-39)41-31-33-43(34-32-41)55-51-22-12-11-21-48(51)53-52-46-19-9-7-17-44(46)49(42-15-5-2-6-16-42)35-50(52)45-18-8-10-20-47(45)54(53)55/h1-35H. The Labute approximate surface area is 320 Å². The molecule has 0 fully saturated rings. The fraction of sp³-hybridized carbons (Fsp3) is 0. The number of benzene rings is 10. The maximum absolute atomic E-state index is 2.48. The molecule has 0 bridgehead atoms. The van der Waals surface area contributed by atoms with Gasteiger partial charge in [0, 0.05) is 27.2 Å². The molecule has 1 heterocycles. The molecule has 0 saturated carbocycles. The summed E-state index contributed by atoms with van der Waals surface area (Å²) in [6, 6.07) is 77.5. The summed E-state index contributed by atoms with van der Waals surface area (Å²) in [4.78, 5) is 0. The molecular formula is C54H35N. The van der Waals surface area contributed by atoms with Crippen LogP contribution >= 0.6 is 0 Å². The van der Waals surface area contributed by atoms with E-state index < -0.39 is 0 Å². The predicted molar refractivity (Wildman–Crippen MR) is 235 cm³/mol. The van der Waals surface area contributed by atoms with E-state index in [-0.39, 0.29) is 0 Å². The molecule has 11 aromatic rings. The molecular weight excluding hydrogens is 663 g/mol. The van der Waals surface area contributed by atoms with Gasteiger partial charge in [0.2, 0.25) is 0 Å². The summed E-state index contributed by atoms with van der Waals surface area (Å²) in [5, 5.41) is 10.2. The first kappa shape index (κ1) is 31.3. The van der Waals surface area contributed by atoms with Crippen LogP contribution in [-0.2, 0) is 0 Å². The third-order valence-corrected chi connectivity index (χ3v) is 11.4. The average Bonchev–Trinajstić information content (AvgIpc) is 3.62. The van der Waals surface area contributed by atoms with Crippen LogP contribution in [0, 0.1) is 0 Å². The Bertz CT molecular complexity index is 3190. The van der Waals surface area contributed by atoms with Gasteiger partial charge >= 0.3 is 0 Å². The second kappa shape index (κ2) is 12.7. The van der Waals surface area contributed by atoms with E-state index in [0.717, 1.165) is 5.69 Å². The van der Waals surface area contributed by atoms with Gasteiger partial charge in [-0.15, -0.1) is 0 Å². The molecule has 0 radical (unpaired) electrons. The quantitative estimate of drug-likeness (QED) is 0.158. The van der Waals surface area contributed by atoms with Crippen LogP contribution in [-0.4, -0.2) is 4.57 Å². The van der Waals surface area contributed by atoms with Crippen LogP contribution in [0.3, 0.4) is 0 Å². The zero-order valence-corrected chi connectivity index (χ0v) is 30.2. The summed E-state index contributed by atoms with van der Waals surface area (Å²) in [7, 11) is 0. The summed E-state index contributed by atoms with van der Waals surface area (Å²) in [6.07, 6.45) is 0. The highest BCUT2D eigenvalue weighted by Crippen LogP contribution is 2.47. The van der Waals surface area contributed by atoms with Gasteiger partial charge in [-0.3, -0.25) is 0 Å². The van der Waals surface area contributed by atoms with Crippen LogP contribution in [0.1, 0.15) is 0 Å². The number of rotatable bonds is 5. The van der Waals surface area contributed by atoms with E-state index in [1.54, 1.807) is 0 Å². The summed E-state index contributed by atoms with van der Waals surface area (Å²) in [5.41, 5.74) is 13.4. The number of para-hydroxylation sites is 1. The smallest absolute Gasteiger partial charge is 0.0626 e. The van der Waals surface area contributed by atoms with Gasteiger partial charge in [0.25, 0.3) is 0 Å². The normalized spacial score (nSPS) is 11.6. The molecule has 0 saturated heterocycles. The van der Waals surface area contributed by atoms with Crippen LogP contribution in [0.4, 0.5) is 0 Å². The molecule has 10 aromatic carbocycles. The van der Waals surface area contributed by atoms with E-state index in [9.17, 15) is 0 Å². The topological polar surface area (TPSA) is 4.93 Å². The average molecular weight is 698 g/mol. The van der Waals surface area contributed by atoms with Crippen LogP contribution in [0.2, 0.25) is 0 Å². The lowest BCUT2D eigenvalue weighted by molar-refractivity contribution is 1.19. The van der Waals surface area contributed by atoms with Crippen LogP contribution in [0.5, 0.6) is 0 Å². The van der Waals surface area contributed by atoms with Gasteiger partial charge in [-0.05, 0) is 90.3 Å². The van der Waals surface area contributed by atoms with E-state index >= 15 is 0 Å². The maximum Gasteiger partial charge on any atom is 0.0626 e. The Kier molecular flexibility index (Phi) is 7.25. The zero-order valence-electron chi connectivity index (χ0n) is 30.2. The van der Waals surface area contributed by atoms with Crippen molar-refractivity contribution in [3.63, 3.8) is 0 Å². The minimum Gasteiger partial charge on any atom is -0.309 e. The lowest BCUT2D eigenvalue weighted by Gasteiger charge is -2.16. The summed E-state index contributed by atoms with van der Waals surface area (Å²) in [5.74, 6) is 0. The Balaban J connectivity index is 1.06. The van der Waals surface area contributed by atoms with Crippen molar-refractivity contribution >= 4 is 54.1 Å². The van der Waals surface area contributed by atoms with Crippen molar-refractivity contribution < 1.29 is 0 Å². The van der Waals surface area contributed by atoms with Crippen LogP contribution < -0.4 is 0 Å². The minimum atomic E-state index is 1.15. The molecule has 1 nitrogen and oxygen atoms in total. The first-order valence-corrected chi connectivity index (χ1v) is 19.0. The highest BCUT2D eigenvalue weighted by atomic mass is 15.0. The van der Waals surface area contributed by atoms with E-state index in [4.69, 9.17) is 0 Å². The third kappa shape index (κ3) is 5.09. The van der Waals surface area contributed by atoms with Gasteiger partial charge in [-0.1, -0.05) is 188 Å². The second-order valence-corrected chi connectivity index (χ2v) is 14.4. The largest absolute Gasteiger partial charge is 0.309 e. The zero-order chi connectivity index (χ0) is 36.3. The van der Waals surface area contributed by atoms with E-state index in [1.165, 1.54) is 98.6 Å². The number of hydrogen-bond acceptors (Lipinski definition) is 0. The van der Waals surface area contributed by atoms with Crippen molar-refractivity contribution in [3.05, 3.63) is 212 Å². The van der Waals surface area contributed by atoms with Gasteiger partial charge < -0.3 is 4.57 Å². The van der Waals surface area contributed by atoms with Crippen molar-refractivity contribution in [3.8, 4) is 50.2 Å². The molecule has 256 valence electrons. The first-order chi connectivity index (χ1) is 27.3. The van der Waals surface area contributed by atoms with Crippen molar-refractivity contribution in [2.24, 2.45) is 0 Å². The SMILES string of the molecule is c1ccc(-c2ccc(-c3ccc(-c4ccc(-n5c6ccccc6c6c7c8ccccc8c(-c8ccccc8)cc7c7ccccc7c65)cc4)cc3)cc2)cc1. The highest BCUT2D eigenvalue weighted by Gasteiger charge is 2.21. The molecule has 55 heavy (non-hydrogen) atoms. The lowest BCUT2D eigenvalue weighted by atomic mass is 9.88. The molecule has 0 amide bonds. The minimum absolute atomic E-state index is 1.15. The number of fused-ring (bicyclic) bond motifs is 10. The summed E-state index contributed by atoms with van der Waals surface area (Å²) >= 11 is 0. The van der Waals surface area contributed by atoms with Crippen molar-refractivity contribution in [2.45, 2.75) is 0 Å². The van der Waals surface area contributed by atoms with Crippen molar-refractivity contribution in [1.29, 1.82) is 0 Å². The van der Waals surface area contributed by atoms with Gasteiger partial charge in [0.15, 0.2) is 0 Å². The van der Waals surface area contributed by atoms with Gasteiger partial charge in [-0.2, -0.15) is 0 Å². The molecule has 11 rings (SSSR count). The van der Waals surface area contributed by atoms with E-state index in [1.807, 2.05) is 0 Å². The number of hydrogen-bond donors (Lipinski definition) is 0. The molecule has 0 spiro atoms. The number of aromatic nitrogens is 1. The highest BCUT2D eigenvalue weighted by molar-refractivity contribution is 6.38. The van der Waals surface area contributed by atoms with Gasteiger partial charge in [0.1, 0.15) is 0 Å². The lowest BCUT2D eigenvalue weighted by Crippen LogP contribution is -1.95. The fourth-order valence-corrected chi connectivity index (χ4v) is 8.80. The monoisotopic (exact) mass is 697 g/mol. The second-order valence-electron chi connectivity index (χ2n) is 14.4. The molecule has 1 aromatic heterocycles. The number of nitrogens with zero attached hydrogens (tertiary/aromatic N) is 1. The molecule has 0 aliphatic rings. The van der Waals surface area contributed by atoms with Gasteiger partial charge in [0.05, 0.1) is 11.0 Å². The molecule has 0 aliphatic carbocycles. The predicted octanol–water partition coefficient (Wildman–Crippen LogP) is 14.9. The van der Waals surface area contributed by atoms with Crippen LogP contribution in [0.25, 0.3) is 104 Å².